The second-order valence-corrected chi connectivity index (χ2v) is 5.95. The van der Waals surface area contributed by atoms with Crippen molar-refractivity contribution in [2.75, 3.05) is 6.54 Å². The summed E-state index contributed by atoms with van der Waals surface area (Å²) in [7, 11) is 0. The number of nitrogens with zero attached hydrogens (tertiary/aromatic N) is 2. The highest BCUT2D eigenvalue weighted by atomic mass is 35.5. The second-order valence-electron chi connectivity index (χ2n) is 5.57. The molecule has 4 heteroatoms. The van der Waals surface area contributed by atoms with Gasteiger partial charge in [0.2, 0.25) is 0 Å². The number of aromatic nitrogens is 1. The number of halogens is 1. The molecule has 3 nitrogen and oxygen atoms in total. The summed E-state index contributed by atoms with van der Waals surface area (Å²) in [6.07, 6.45) is 4.39. The van der Waals surface area contributed by atoms with Crippen molar-refractivity contribution in [2.45, 2.75) is 38.6 Å². The Labute approximate surface area is 129 Å². The number of hydrogen-bond acceptors (Lipinski definition) is 2. The standard InChI is InChI=1S/C17H19ClN2O/c1-2-12-7-5-6-10-20(12)17(21)14-11-16(18)19-15-9-4-3-8-13(14)15/h3-4,8-9,11-12H,2,5-7,10H2,1H3. The van der Waals surface area contributed by atoms with Gasteiger partial charge in [0.25, 0.3) is 5.91 Å². The van der Waals surface area contributed by atoms with Crippen molar-refractivity contribution in [3.63, 3.8) is 0 Å². The van der Waals surface area contributed by atoms with Gasteiger partial charge in [-0.15, -0.1) is 0 Å². The molecule has 0 spiro atoms. The molecule has 1 amide bonds. The van der Waals surface area contributed by atoms with E-state index in [9.17, 15) is 4.79 Å². The maximum atomic E-state index is 13.0. The van der Waals surface area contributed by atoms with Gasteiger partial charge in [-0.05, 0) is 37.8 Å². The Morgan fingerprint density at radius 3 is 3.00 bits per heavy atom. The van der Waals surface area contributed by atoms with E-state index in [-0.39, 0.29) is 5.91 Å². The van der Waals surface area contributed by atoms with Crippen LogP contribution in [-0.4, -0.2) is 28.4 Å². The maximum Gasteiger partial charge on any atom is 0.254 e. The fourth-order valence-electron chi connectivity index (χ4n) is 3.17. The molecule has 1 aliphatic heterocycles. The summed E-state index contributed by atoms with van der Waals surface area (Å²) < 4.78 is 0. The predicted molar refractivity (Wildman–Crippen MR) is 85.7 cm³/mol. The molecular formula is C17H19ClN2O. The summed E-state index contributed by atoms with van der Waals surface area (Å²) in [6, 6.07) is 9.73. The zero-order chi connectivity index (χ0) is 14.8. The van der Waals surface area contributed by atoms with Crippen molar-refractivity contribution in [3.8, 4) is 0 Å². The van der Waals surface area contributed by atoms with Crippen LogP contribution in [0.4, 0.5) is 0 Å². The van der Waals surface area contributed by atoms with E-state index in [4.69, 9.17) is 11.6 Å². The van der Waals surface area contributed by atoms with Gasteiger partial charge in [-0.1, -0.05) is 36.7 Å². The first-order valence-electron chi connectivity index (χ1n) is 7.57. The molecule has 2 heterocycles. The van der Waals surface area contributed by atoms with Crippen molar-refractivity contribution in [3.05, 3.63) is 41.0 Å². The van der Waals surface area contributed by atoms with E-state index < -0.39 is 0 Å². The van der Waals surface area contributed by atoms with Gasteiger partial charge in [0.15, 0.2) is 0 Å². The summed E-state index contributed by atoms with van der Waals surface area (Å²) >= 11 is 6.10. The van der Waals surface area contributed by atoms with Gasteiger partial charge >= 0.3 is 0 Å². The lowest BCUT2D eigenvalue weighted by molar-refractivity contribution is 0.0610. The van der Waals surface area contributed by atoms with Crippen LogP contribution in [0.1, 0.15) is 43.0 Å². The highest BCUT2D eigenvalue weighted by molar-refractivity contribution is 6.30. The van der Waals surface area contributed by atoms with Gasteiger partial charge in [0.1, 0.15) is 5.15 Å². The van der Waals surface area contributed by atoms with Crippen molar-refractivity contribution >= 4 is 28.4 Å². The normalized spacial score (nSPS) is 19.0. The molecule has 0 aliphatic carbocycles. The third-order valence-electron chi connectivity index (χ3n) is 4.27. The number of piperidine rings is 1. The number of fused-ring (bicyclic) bond motifs is 1. The molecule has 3 rings (SSSR count). The average Bonchev–Trinajstić information content (AvgIpc) is 2.53. The molecule has 0 radical (unpaired) electrons. The Kier molecular flexibility index (Phi) is 4.11. The Bertz CT molecular complexity index is 671. The third-order valence-corrected chi connectivity index (χ3v) is 4.47. The molecule has 2 aromatic rings. The molecule has 1 aliphatic rings. The summed E-state index contributed by atoms with van der Waals surface area (Å²) in [5.41, 5.74) is 1.45. The Morgan fingerprint density at radius 1 is 1.38 bits per heavy atom. The van der Waals surface area contributed by atoms with E-state index in [0.717, 1.165) is 36.7 Å². The third kappa shape index (κ3) is 2.75. The summed E-state index contributed by atoms with van der Waals surface area (Å²) in [5, 5.41) is 1.26. The summed E-state index contributed by atoms with van der Waals surface area (Å²) in [4.78, 5) is 19.3. The van der Waals surface area contributed by atoms with E-state index in [1.807, 2.05) is 29.2 Å². The van der Waals surface area contributed by atoms with Gasteiger partial charge < -0.3 is 4.90 Å². The van der Waals surface area contributed by atoms with E-state index in [1.54, 1.807) is 6.07 Å². The lowest BCUT2D eigenvalue weighted by Gasteiger charge is -2.35. The van der Waals surface area contributed by atoms with Crippen LogP contribution in [0.3, 0.4) is 0 Å². The molecule has 0 saturated carbocycles. The minimum absolute atomic E-state index is 0.0852. The van der Waals surface area contributed by atoms with E-state index in [1.165, 1.54) is 6.42 Å². The summed E-state index contributed by atoms with van der Waals surface area (Å²) in [5.74, 6) is 0.0852. The first-order valence-corrected chi connectivity index (χ1v) is 7.94. The number of rotatable bonds is 2. The fraction of sp³-hybridized carbons (Fsp3) is 0.412. The van der Waals surface area contributed by atoms with Crippen LogP contribution in [0.25, 0.3) is 10.9 Å². The predicted octanol–water partition coefficient (Wildman–Crippen LogP) is 4.29. The quantitative estimate of drug-likeness (QED) is 0.775. The number of carbonyl (C=O) groups is 1. The molecule has 1 saturated heterocycles. The van der Waals surface area contributed by atoms with Crippen LogP contribution in [-0.2, 0) is 0 Å². The zero-order valence-corrected chi connectivity index (χ0v) is 12.9. The molecule has 1 atom stereocenters. The van der Waals surface area contributed by atoms with E-state index in [2.05, 4.69) is 11.9 Å². The van der Waals surface area contributed by atoms with Crippen LogP contribution in [0.2, 0.25) is 5.15 Å². The Morgan fingerprint density at radius 2 is 2.19 bits per heavy atom. The number of likely N-dealkylation sites (tertiary alicyclic amines) is 1. The number of carbonyl (C=O) groups excluding carboxylic acids is 1. The van der Waals surface area contributed by atoms with Gasteiger partial charge in [-0.25, -0.2) is 4.98 Å². The molecular weight excluding hydrogens is 284 g/mol. The fourth-order valence-corrected chi connectivity index (χ4v) is 3.37. The maximum absolute atomic E-state index is 13.0. The molecule has 1 aromatic carbocycles. The van der Waals surface area contributed by atoms with Gasteiger partial charge in [0, 0.05) is 18.0 Å². The van der Waals surface area contributed by atoms with Crippen LogP contribution in [0, 0.1) is 0 Å². The Hall–Kier alpha value is -1.61. The molecule has 1 fully saturated rings. The highest BCUT2D eigenvalue weighted by Gasteiger charge is 2.27. The SMILES string of the molecule is CCC1CCCCN1C(=O)c1cc(Cl)nc2ccccc12. The summed E-state index contributed by atoms with van der Waals surface area (Å²) in [6.45, 7) is 2.99. The van der Waals surface area contributed by atoms with Crippen LogP contribution in [0.5, 0.6) is 0 Å². The lowest BCUT2D eigenvalue weighted by Crippen LogP contribution is -2.43. The minimum Gasteiger partial charge on any atom is -0.336 e. The molecule has 0 N–H and O–H groups in total. The first-order chi connectivity index (χ1) is 10.2. The monoisotopic (exact) mass is 302 g/mol. The lowest BCUT2D eigenvalue weighted by atomic mass is 9.98. The van der Waals surface area contributed by atoms with Crippen molar-refractivity contribution in [1.29, 1.82) is 0 Å². The smallest absolute Gasteiger partial charge is 0.254 e. The van der Waals surface area contributed by atoms with Gasteiger partial charge in [-0.3, -0.25) is 4.79 Å². The largest absolute Gasteiger partial charge is 0.336 e. The number of pyridine rings is 1. The van der Waals surface area contributed by atoms with Crippen LogP contribution in [0.15, 0.2) is 30.3 Å². The number of para-hydroxylation sites is 1. The minimum atomic E-state index is 0.0852. The molecule has 1 unspecified atom stereocenters. The molecule has 0 bridgehead atoms. The number of benzene rings is 1. The number of amides is 1. The molecule has 1 aromatic heterocycles. The van der Waals surface area contributed by atoms with Crippen molar-refractivity contribution in [2.24, 2.45) is 0 Å². The second kappa shape index (κ2) is 6.02. The van der Waals surface area contributed by atoms with Crippen LogP contribution < -0.4 is 0 Å². The van der Waals surface area contributed by atoms with Crippen molar-refractivity contribution < 1.29 is 4.79 Å². The highest BCUT2D eigenvalue weighted by Crippen LogP contribution is 2.26. The molecule has 110 valence electrons. The topological polar surface area (TPSA) is 33.2 Å². The first kappa shape index (κ1) is 14.3. The zero-order valence-electron chi connectivity index (χ0n) is 12.2. The average molecular weight is 303 g/mol. The van der Waals surface area contributed by atoms with Gasteiger partial charge in [-0.2, -0.15) is 0 Å². The van der Waals surface area contributed by atoms with Crippen LogP contribution >= 0.6 is 11.6 Å². The molecule has 21 heavy (non-hydrogen) atoms. The van der Waals surface area contributed by atoms with E-state index in [0.29, 0.717) is 16.8 Å². The Balaban J connectivity index is 2.04. The van der Waals surface area contributed by atoms with E-state index >= 15 is 0 Å². The number of hydrogen-bond donors (Lipinski definition) is 0. The van der Waals surface area contributed by atoms with Gasteiger partial charge in [0.05, 0.1) is 11.1 Å². The van der Waals surface area contributed by atoms with Crippen molar-refractivity contribution in [1.82, 2.24) is 9.88 Å².